The van der Waals surface area contributed by atoms with Crippen molar-refractivity contribution in [3.05, 3.63) is 17.5 Å². The Labute approximate surface area is 165 Å². The largest absolute Gasteiger partial charge is 0.373 e. The first-order valence-corrected chi connectivity index (χ1v) is 10.9. The number of thiophene rings is 1. The van der Waals surface area contributed by atoms with E-state index in [1.807, 2.05) is 11.8 Å². The van der Waals surface area contributed by atoms with Crippen molar-refractivity contribution in [1.82, 2.24) is 9.97 Å². The van der Waals surface area contributed by atoms with E-state index in [4.69, 9.17) is 10.6 Å². The maximum absolute atomic E-state index is 5.70. The normalized spacial score (nSPS) is 19.4. The van der Waals surface area contributed by atoms with E-state index in [1.165, 1.54) is 22.3 Å². The van der Waals surface area contributed by atoms with Crippen LogP contribution in [0, 0.1) is 0 Å². The van der Waals surface area contributed by atoms with Crippen LogP contribution >= 0.6 is 23.1 Å². The molecule has 0 saturated carbocycles. The number of nitrogens with zero attached hydrogens (tertiary/aromatic N) is 3. The van der Waals surface area contributed by atoms with Gasteiger partial charge in [0.1, 0.15) is 24.1 Å². The molecule has 7 nitrogen and oxygen atoms in total. The molecule has 2 aliphatic heterocycles. The van der Waals surface area contributed by atoms with Gasteiger partial charge < -0.3 is 10.2 Å². The van der Waals surface area contributed by atoms with Gasteiger partial charge >= 0.3 is 0 Å². The Morgan fingerprint density at radius 1 is 1.26 bits per heavy atom. The van der Waals surface area contributed by atoms with Crippen LogP contribution in [0.1, 0.15) is 25.0 Å². The van der Waals surface area contributed by atoms with E-state index < -0.39 is 0 Å². The summed E-state index contributed by atoms with van der Waals surface area (Å²) in [4.78, 5) is 16.2. The maximum atomic E-state index is 5.70. The van der Waals surface area contributed by atoms with E-state index in [0.717, 1.165) is 53.5 Å². The summed E-state index contributed by atoms with van der Waals surface area (Å²) in [5.41, 5.74) is 6.54. The Bertz CT molecular complexity index is 1030. The number of hydrogen-bond donors (Lipinski definition) is 2. The molecule has 1 fully saturated rings. The van der Waals surface area contributed by atoms with E-state index in [9.17, 15) is 0 Å². The van der Waals surface area contributed by atoms with Gasteiger partial charge in [0.2, 0.25) is 0 Å². The highest BCUT2D eigenvalue weighted by Gasteiger charge is 2.36. The van der Waals surface area contributed by atoms with Gasteiger partial charge in [-0.15, -0.1) is 0 Å². The molecule has 5 rings (SSSR count). The van der Waals surface area contributed by atoms with E-state index >= 15 is 0 Å². The molecule has 3 aromatic heterocycles. The molecule has 1 saturated heterocycles. The maximum Gasteiger partial charge on any atom is 0.280 e. The first kappa shape index (κ1) is 17.4. The number of rotatable bonds is 2. The average molecular weight is 404 g/mol. The molecule has 142 valence electrons. The van der Waals surface area contributed by atoms with Crippen LogP contribution in [0.2, 0.25) is 0 Å². The summed E-state index contributed by atoms with van der Waals surface area (Å²) < 4.78 is 6.78. The van der Waals surface area contributed by atoms with Gasteiger partial charge in [-0.05, 0) is 12.0 Å². The first-order valence-electron chi connectivity index (χ1n) is 9.15. The van der Waals surface area contributed by atoms with Gasteiger partial charge in [-0.2, -0.15) is 11.8 Å². The molecule has 0 bridgehead atoms. The number of nitrogens with two attached hydrogens (primary N) is 1. The van der Waals surface area contributed by atoms with Crippen LogP contribution in [0.25, 0.3) is 20.4 Å². The zero-order valence-electron chi connectivity index (χ0n) is 15.5. The highest BCUT2D eigenvalue weighted by Crippen LogP contribution is 2.46. The number of H-pyrrole nitrogens is 1. The molecule has 0 amide bonds. The van der Waals surface area contributed by atoms with E-state index in [1.54, 1.807) is 17.7 Å². The Hall–Kier alpha value is -1.68. The zero-order chi connectivity index (χ0) is 18.6. The van der Waals surface area contributed by atoms with E-state index in [2.05, 4.69) is 39.1 Å². The molecule has 2 aliphatic rings. The fraction of sp³-hybridized carbons (Fsp3) is 0.500. The lowest BCUT2D eigenvalue weighted by atomic mass is 9.94. The van der Waals surface area contributed by atoms with Crippen molar-refractivity contribution in [3.63, 3.8) is 0 Å². The van der Waals surface area contributed by atoms with Crippen molar-refractivity contribution in [2.24, 2.45) is 5.84 Å². The number of morpholine rings is 1. The van der Waals surface area contributed by atoms with Crippen LogP contribution in [-0.2, 0) is 16.9 Å². The summed E-state index contributed by atoms with van der Waals surface area (Å²) >= 11 is 3.70. The molecule has 5 heterocycles. The van der Waals surface area contributed by atoms with Crippen LogP contribution in [0.15, 0.2) is 6.33 Å². The number of nitrogen functional groups attached to an aromatic ring is 1. The van der Waals surface area contributed by atoms with Crippen LogP contribution in [0.4, 0.5) is 11.6 Å². The second-order valence-electron chi connectivity index (χ2n) is 7.61. The van der Waals surface area contributed by atoms with E-state index in [0.29, 0.717) is 5.82 Å². The van der Waals surface area contributed by atoms with Crippen molar-refractivity contribution in [3.8, 4) is 0 Å². The molecular weight excluding hydrogens is 380 g/mol. The minimum atomic E-state index is 0.208. The monoisotopic (exact) mass is 403 g/mol. The molecule has 4 N–H and O–H groups in total. The minimum Gasteiger partial charge on any atom is -0.373 e. The van der Waals surface area contributed by atoms with Crippen molar-refractivity contribution in [2.75, 3.05) is 36.6 Å². The van der Waals surface area contributed by atoms with Crippen LogP contribution in [0.3, 0.4) is 0 Å². The third-order valence-electron chi connectivity index (χ3n) is 5.33. The summed E-state index contributed by atoms with van der Waals surface area (Å²) in [5, 5.41) is 1.23. The summed E-state index contributed by atoms with van der Waals surface area (Å²) in [6.07, 6.45) is 2.62. The van der Waals surface area contributed by atoms with Crippen molar-refractivity contribution in [1.29, 1.82) is 0 Å². The quantitative estimate of drug-likeness (QED) is 0.501. The number of aromatic amines is 1. The fourth-order valence-electron chi connectivity index (χ4n) is 4.01. The predicted molar refractivity (Wildman–Crippen MR) is 111 cm³/mol. The molecule has 0 aromatic carbocycles. The molecule has 0 unspecified atom stereocenters. The predicted octanol–water partition coefficient (Wildman–Crippen LogP) is 2.35. The second-order valence-corrected chi connectivity index (χ2v) is 10.3. The number of aromatic nitrogens is 3. The number of pyridine rings is 1. The zero-order valence-corrected chi connectivity index (χ0v) is 17.1. The molecular formula is C18H23N6OS2+. The molecule has 0 spiro atoms. The van der Waals surface area contributed by atoms with Gasteiger partial charge in [0.15, 0.2) is 10.6 Å². The van der Waals surface area contributed by atoms with Gasteiger partial charge in [-0.1, -0.05) is 25.2 Å². The Kier molecular flexibility index (Phi) is 4.15. The van der Waals surface area contributed by atoms with Crippen molar-refractivity contribution in [2.45, 2.75) is 30.8 Å². The lowest BCUT2D eigenvalue weighted by molar-refractivity contribution is -0.328. The topological polar surface area (TPSA) is 90.4 Å². The summed E-state index contributed by atoms with van der Waals surface area (Å²) in [6.45, 7) is 8.05. The second kappa shape index (κ2) is 6.44. The third-order valence-corrected chi connectivity index (χ3v) is 7.79. The van der Waals surface area contributed by atoms with Crippen molar-refractivity contribution >= 4 is 55.2 Å². The standard InChI is InChI=1S/C18H22N6OS2/c1-18(2)7-10-11(8-26-18)16(24-3-5-25-6-4-24)22-17-12(10)13-14(27-17)15(23-19)21-9-20-13/h9H,3-8,19H2,1-2H3,(H,20,21,23)/p+1. The van der Waals surface area contributed by atoms with E-state index in [-0.39, 0.29) is 4.75 Å². The van der Waals surface area contributed by atoms with Gasteiger partial charge in [0.05, 0.1) is 29.7 Å². The highest BCUT2D eigenvalue weighted by molar-refractivity contribution is 7.99. The number of hydrogen-bond acceptors (Lipinski definition) is 8. The SMILES string of the molecule is CC1(C)Cc2c(c(N3CCOCC3)[nH+]c3sc4c(NN)ncnc4c23)CS1. The molecule has 0 radical (unpaired) electrons. The van der Waals surface area contributed by atoms with Crippen LogP contribution in [0.5, 0.6) is 0 Å². The number of ether oxygens (including phenoxy) is 1. The molecule has 0 atom stereocenters. The van der Waals surface area contributed by atoms with Crippen LogP contribution in [-0.4, -0.2) is 41.0 Å². The number of hydrazine groups is 1. The van der Waals surface area contributed by atoms with Gasteiger partial charge in [-0.25, -0.2) is 20.8 Å². The number of thioether (sulfide) groups is 1. The number of nitrogens with one attached hydrogen (secondary N) is 2. The lowest BCUT2D eigenvalue weighted by Gasteiger charge is -2.32. The Morgan fingerprint density at radius 3 is 2.85 bits per heavy atom. The van der Waals surface area contributed by atoms with Gasteiger partial charge in [0.25, 0.3) is 5.82 Å². The number of anilines is 2. The molecule has 27 heavy (non-hydrogen) atoms. The highest BCUT2D eigenvalue weighted by atomic mass is 32.2. The Morgan fingerprint density at radius 2 is 2.07 bits per heavy atom. The smallest absolute Gasteiger partial charge is 0.280 e. The molecule has 9 heteroatoms. The summed E-state index contributed by atoms with van der Waals surface area (Å²) in [7, 11) is 0. The lowest BCUT2D eigenvalue weighted by Crippen LogP contribution is -2.41. The molecule has 3 aromatic rings. The minimum absolute atomic E-state index is 0.208. The van der Waals surface area contributed by atoms with Gasteiger partial charge in [0, 0.05) is 10.5 Å². The third kappa shape index (κ3) is 2.84. The average Bonchev–Trinajstić information content (AvgIpc) is 3.06. The fourth-order valence-corrected chi connectivity index (χ4v) is 6.23. The van der Waals surface area contributed by atoms with Crippen molar-refractivity contribution < 1.29 is 9.72 Å². The molecule has 0 aliphatic carbocycles. The summed E-state index contributed by atoms with van der Waals surface area (Å²) in [5.74, 6) is 8.62. The first-order chi connectivity index (χ1) is 13.1. The number of fused-ring (bicyclic) bond motifs is 5. The summed E-state index contributed by atoms with van der Waals surface area (Å²) in [6, 6.07) is 0. The Balaban J connectivity index is 1.81. The van der Waals surface area contributed by atoms with Crippen LogP contribution < -0.4 is 21.2 Å². The van der Waals surface area contributed by atoms with Gasteiger partial charge in [-0.3, -0.25) is 4.90 Å².